The highest BCUT2D eigenvalue weighted by Crippen LogP contribution is 2.40. The molecule has 3 nitrogen and oxygen atoms in total. The second-order valence-electron chi connectivity index (χ2n) is 3.46. The number of esters is 1. The van der Waals surface area contributed by atoms with Crippen molar-refractivity contribution in [2.24, 2.45) is 11.8 Å². The Labute approximate surface area is 76.7 Å². The maximum absolute atomic E-state index is 11.3. The Morgan fingerprint density at radius 1 is 1.69 bits per heavy atom. The van der Waals surface area contributed by atoms with E-state index in [1.54, 1.807) is 6.08 Å². The van der Waals surface area contributed by atoms with E-state index in [0.717, 1.165) is 6.42 Å². The summed E-state index contributed by atoms with van der Waals surface area (Å²) in [6.07, 6.45) is 5.96. The monoisotopic (exact) mass is 180 g/mol. The Kier molecular flexibility index (Phi) is 1.96. The zero-order chi connectivity index (χ0) is 9.42. The minimum absolute atomic E-state index is 0.0717. The van der Waals surface area contributed by atoms with E-state index >= 15 is 0 Å². The van der Waals surface area contributed by atoms with Gasteiger partial charge in [0, 0.05) is 17.4 Å². The van der Waals surface area contributed by atoms with Crippen molar-refractivity contribution in [3.8, 4) is 0 Å². The molecule has 2 aliphatic rings. The van der Waals surface area contributed by atoms with Crippen molar-refractivity contribution in [2.45, 2.75) is 12.5 Å². The van der Waals surface area contributed by atoms with Crippen LogP contribution in [0, 0.1) is 11.8 Å². The van der Waals surface area contributed by atoms with E-state index in [1.165, 1.54) is 7.11 Å². The highest BCUT2D eigenvalue weighted by Gasteiger charge is 2.39. The van der Waals surface area contributed by atoms with Crippen LogP contribution in [0.1, 0.15) is 6.42 Å². The fraction of sp³-hybridized carbons (Fsp3) is 0.500. The molecular weight excluding hydrogens is 168 g/mol. The molecule has 0 aromatic rings. The zero-order valence-electron chi connectivity index (χ0n) is 7.43. The van der Waals surface area contributed by atoms with Gasteiger partial charge in [0.2, 0.25) is 0 Å². The van der Waals surface area contributed by atoms with Crippen LogP contribution in [0.15, 0.2) is 23.8 Å². The first-order chi connectivity index (χ1) is 6.24. The van der Waals surface area contributed by atoms with Crippen molar-refractivity contribution >= 4 is 5.97 Å². The lowest BCUT2D eigenvalue weighted by atomic mass is 9.93. The van der Waals surface area contributed by atoms with Gasteiger partial charge in [0.15, 0.2) is 0 Å². The predicted octanol–water partition coefficient (Wildman–Crippen LogP) is 0.653. The molecule has 3 atom stereocenters. The van der Waals surface area contributed by atoms with Crippen molar-refractivity contribution in [1.29, 1.82) is 0 Å². The molecule has 0 radical (unpaired) electrons. The molecule has 70 valence electrons. The zero-order valence-corrected chi connectivity index (χ0v) is 7.43. The predicted molar refractivity (Wildman–Crippen MR) is 46.8 cm³/mol. The first kappa shape index (κ1) is 8.51. The second kappa shape index (κ2) is 3.00. The number of hydrogen-bond acceptors (Lipinski definition) is 3. The van der Waals surface area contributed by atoms with Crippen LogP contribution >= 0.6 is 0 Å². The lowest BCUT2D eigenvalue weighted by Crippen LogP contribution is -2.17. The van der Waals surface area contributed by atoms with Crippen LogP contribution in [0.5, 0.6) is 0 Å². The normalized spacial score (nSPS) is 35.8. The molecule has 2 rings (SSSR count). The maximum atomic E-state index is 11.3. The molecule has 2 aliphatic carbocycles. The highest BCUT2D eigenvalue weighted by molar-refractivity contribution is 5.90. The van der Waals surface area contributed by atoms with Crippen molar-refractivity contribution in [3.05, 3.63) is 23.8 Å². The summed E-state index contributed by atoms with van der Waals surface area (Å²) in [5.74, 6) is -0.0883. The quantitative estimate of drug-likeness (QED) is 0.476. The van der Waals surface area contributed by atoms with E-state index < -0.39 is 6.10 Å². The van der Waals surface area contributed by atoms with Gasteiger partial charge in [-0.05, 0) is 12.5 Å². The van der Waals surface area contributed by atoms with E-state index in [9.17, 15) is 9.90 Å². The number of carbonyl (C=O) groups excluding carboxylic acids is 1. The third kappa shape index (κ3) is 1.20. The summed E-state index contributed by atoms with van der Waals surface area (Å²) in [5, 5.41) is 9.59. The summed E-state index contributed by atoms with van der Waals surface area (Å²) in [4.78, 5) is 11.3. The van der Waals surface area contributed by atoms with Gasteiger partial charge in [0.25, 0.3) is 0 Å². The van der Waals surface area contributed by atoms with Gasteiger partial charge < -0.3 is 9.84 Å². The molecule has 0 aromatic carbocycles. The maximum Gasteiger partial charge on any atom is 0.334 e. The van der Waals surface area contributed by atoms with E-state index in [1.807, 2.05) is 12.2 Å². The third-order valence-corrected chi connectivity index (χ3v) is 2.78. The van der Waals surface area contributed by atoms with E-state index in [-0.39, 0.29) is 17.8 Å². The van der Waals surface area contributed by atoms with E-state index in [0.29, 0.717) is 5.57 Å². The fourth-order valence-corrected chi connectivity index (χ4v) is 2.10. The number of rotatable bonds is 1. The fourth-order valence-electron chi connectivity index (χ4n) is 2.10. The van der Waals surface area contributed by atoms with Gasteiger partial charge in [-0.3, -0.25) is 0 Å². The molecule has 0 aromatic heterocycles. The molecule has 13 heavy (non-hydrogen) atoms. The Hall–Kier alpha value is -1.09. The number of aliphatic hydroxyl groups is 1. The van der Waals surface area contributed by atoms with Crippen LogP contribution in [-0.4, -0.2) is 24.3 Å². The van der Waals surface area contributed by atoms with Gasteiger partial charge in [-0.15, -0.1) is 0 Å². The van der Waals surface area contributed by atoms with Crippen LogP contribution < -0.4 is 0 Å². The molecule has 0 bridgehead atoms. The third-order valence-electron chi connectivity index (χ3n) is 2.78. The molecule has 0 spiro atoms. The van der Waals surface area contributed by atoms with Crippen LogP contribution in [0.2, 0.25) is 0 Å². The highest BCUT2D eigenvalue weighted by atomic mass is 16.5. The SMILES string of the molecule is COC(=O)C1=C[C@@H](O)[C@@H]2CC=C[C@H]12. The molecular formula is C10H12O3. The standard InChI is InChI=1S/C10H12O3/c1-13-10(12)8-5-9(11)7-4-2-3-6(7)8/h2-3,5-7,9,11H,4H2,1H3/t6-,7+,9+/m0/s1. The second-order valence-corrected chi connectivity index (χ2v) is 3.46. The van der Waals surface area contributed by atoms with Gasteiger partial charge in [0.05, 0.1) is 13.2 Å². The number of methoxy groups -OCH3 is 1. The largest absolute Gasteiger partial charge is 0.466 e. The van der Waals surface area contributed by atoms with Crippen LogP contribution in [0.3, 0.4) is 0 Å². The molecule has 0 heterocycles. The summed E-state index contributed by atoms with van der Waals surface area (Å²) in [7, 11) is 1.36. The number of ether oxygens (including phenoxy) is 1. The Balaban J connectivity index is 2.24. The first-order valence-electron chi connectivity index (χ1n) is 4.39. The number of hydrogen-bond donors (Lipinski definition) is 1. The summed E-state index contributed by atoms with van der Waals surface area (Å²) in [5.41, 5.74) is 0.605. The molecule has 0 fully saturated rings. The lowest BCUT2D eigenvalue weighted by molar-refractivity contribution is -0.136. The van der Waals surface area contributed by atoms with E-state index in [4.69, 9.17) is 0 Å². The van der Waals surface area contributed by atoms with Crippen LogP contribution in [-0.2, 0) is 9.53 Å². The van der Waals surface area contributed by atoms with Gasteiger partial charge in [-0.2, -0.15) is 0 Å². The molecule has 0 saturated carbocycles. The Bertz CT molecular complexity index is 291. The summed E-state index contributed by atoms with van der Waals surface area (Å²) in [6, 6.07) is 0. The van der Waals surface area contributed by atoms with Gasteiger partial charge in [-0.25, -0.2) is 4.79 Å². The molecule has 0 saturated heterocycles. The minimum atomic E-state index is -0.492. The van der Waals surface area contributed by atoms with Crippen molar-refractivity contribution < 1.29 is 14.6 Å². The average Bonchev–Trinajstić information content (AvgIpc) is 2.68. The van der Waals surface area contributed by atoms with Gasteiger partial charge in [-0.1, -0.05) is 12.2 Å². The number of aliphatic hydroxyl groups excluding tert-OH is 1. The Morgan fingerprint density at radius 3 is 3.15 bits per heavy atom. The number of carbonyl (C=O) groups is 1. The minimum Gasteiger partial charge on any atom is -0.466 e. The topological polar surface area (TPSA) is 46.5 Å². The Morgan fingerprint density at radius 2 is 2.46 bits per heavy atom. The van der Waals surface area contributed by atoms with Gasteiger partial charge >= 0.3 is 5.97 Å². The summed E-state index contributed by atoms with van der Waals surface area (Å²) >= 11 is 0. The van der Waals surface area contributed by atoms with Crippen LogP contribution in [0.4, 0.5) is 0 Å². The molecule has 3 heteroatoms. The smallest absolute Gasteiger partial charge is 0.334 e. The van der Waals surface area contributed by atoms with Crippen molar-refractivity contribution in [2.75, 3.05) is 7.11 Å². The molecule has 0 unspecified atom stereocenters. The average molecular weight is 180 g/mol. The molecule has 0 aliphatic heterocycles. The summed E-state index contributed by atoms with van der Waals surface area (Å²) < 4.78 is 4.64. The van der Waals surface area contributed by atoms with Crippen molar-refractivity contribution in [1.82, 2.24) is 0 Å². The number of fused-ring (bicyclic) bond motifs is 1. The number of allylic oxidation sites excluding steroid dienone is 2. The molecule has 0 amide bonds. The van der Waals surface area contributed by atoms with E-state index in [2.05, 4.69) is 4.74 Å². The summed E-state index contributed by atoms with van der Waals surface area (Å²) in [6.45, 7) is 0. The van der Waals surface area contributed by atoms with Crippen LogP contribution in [0.25, 0.3) is 0 Å². The van der Waals surface area contributed by atoms with Crippen molar-refractivity contribution in [3.63, 3.8) is 0 Å². The molecule has 1 N–H and O–H groups in total. The first-order valence-corrected chi connectivity index (χ1v) is 4.39. The lowest BCUT2D eigenvalue weighted by Gasteiger charge is -2.13. The van der Waals surface area contributed by atoms with Gasteiger partial charge in [0.1, 0.15) is 0 Å².